The molecule has 328 valence electrons. The number of allylic oxidation sites excluding steroid dienone is 2. The molecule has 7 N–H and O–H groups in total. The van der Waals surface area contributed by atoms with E-state index in [4.69, 9.17) is 30.9 Å². The number of ether oxygens (including phenoxy) is 2. The average Bonchev–Trinajstić information content (AvgIpc) is 4.09. The molecule has 0 saturated carbocycles. The minimum absolute atomic E-state index is 0.0644. The largest absolute Gasteiger partial charge is 0.490 e. The van der Waals surface area contributed by atoms with E-state index in [0.717, 1.165) is 0 Å². The number of carboxylic acid groups (broad SMARTS) is 1. The lowest BCUT2D eigenvalue weighted by molar-refractivity contribution is -0.141. The molecule has 2 aromatic carbocycles. The Morgan fingerprint density at radius 3 is 1.59 bits per heavy atom. The summed E-state index contributed by atoms with van der Waals surface area (Å²) in [7, 11) is 0. The van der Waals surface area contributed by atoms with E-state index >= 15 is 0 Å². The molecule has 1 fully saturated rings. The maximum atomic E-state index is 13.8. The molecule has 6 aromatic rings. The summed E-state index contributed by atoms with van der Waals surface area (Å²) in [4.78, 5) is 76.6. The topological polar surface area (TPSA) is 275 Å². The Balaban J connectivity index is 1.27. The Hall–Kier alpha value is -7.55. The predicted molar refractivity (Wildman–Crippen MR) is 229 cm³/mol. The number of carbonyl (C=O) groups excluding carboxylic acids is 4. The van der Waals surface area contributed by atoms with Crippen LogP contribution < -0.4 is 31.6 Å². The Kier molecular flexibility index (Phi) is 11.4. The molecule has 0 radical (unpaired) electrons. The molecule has 1 atom stereocenters. The molecule has 1 saturated heterocycles. The zero-order valence-corrected chi connectivity index (χ0v) is 35.1. The van der Waals surface area contributed by atoms with Crippen molar-refractivity contribution in [3.8, 4) is 11.5 Å². The van der Waals surface area contributed by atoms with E-state index < -0.39 is 41.6 Å². The second-order valence-electron chi connectivity index (χ2n) is 15.5. The van der Waals surface area contributed by atoms with Gasteiger partial charge in [-0.25, -0.2) is 9.97 Å². The molecule has 4 amide bonds. The van der Waals surface area contributed by atoms with E-state index in [0.29, 0.717) is 70.9 Å². The number of likely N-dealkylation sites (tertiary alicyclic amines) is 1. The number of amides is 4. The van der Waals surface area contributed by atoms with Gasteiger partial charge in [0, 0.05) is 43.9 Å². The SMILES string of the molecule is CCn1nc(C)cc1C(=O)Nc1nc2cc(C(N)=O)cc3c2n1C/C=C/Cn1c(NC(=O)c2cc(C)nn2CC)nc2cc(C(N)=O)cc(c21)OCC(N1CCC(C(=O)O)C1)CO3. The van der Waals surface area contributed by atoms with Crippen LogP contribution >= 0.6 is 0 Å². The zero-order chi connectivity index (χ0) is 44.7. The summed E-state index contributed by atoms with van der Waals surface area (Å²) in [5.41, 5.74) is 15.3. The maximum absolute atomic E-state index is 13.8. The number of aromatic nitrogens is 8. The van der Waals surface area contributed by atoms with Gasteiger partial charge in [-0.15, -0.1) is 0 Å². The number of aryl methyl sites for hydroxylation is 4. The van der Waals surface area contributed by atoms with Crippen LogP contribution in [0.3, 0.4) is 0 Å². The molecule has 0 bridgehead atoms. The molecule has 63 heavy (non-hydrogen) atoms. The van der Waals surface area contributed by atoms with Crippen LogP contribution in [0.1, 0.15) is 73.3 Å². The lowest BCUT2D eigenvalue weighted by Gasteiger charge is -2.28. The number of carboxylic acids is 1. The van der Waals surface area contributed by atoms with Gasteiger partial charge in [0.2, 0.25) is 23.7 Å². The smallest absolute Gasteiger partial charge is 0.307 e. The Bertz CT molecular complexity index is 2680. The molecule has 2 aliphatic heterocycles. The van der Waals surface area contributed by atoms with Crippen LogP contribution in [0.15, 0.2) is 48.6 Å². The van der Waals surface area contributed by atoms with E-state index in [1.54, 1.807) is 44.5 Å². The normalized spacial score (nSPS) is 16.5. The van der Waals surface area contributed by atoms with Crippen LogP contribution in [-0.4, -0.2) is 111 Å². The third-order valence-corrected chi connectivity index (χ3v) is 11.2. The van der Waals surface area contributed by atoms with Crippen LogP contribution in [0.2, 0.25) is 0 Å². The molecule has 8 rings (SSSR count). The number of primary amides is 2. The minimum Gasteiger partial charge on any atom is -0.490 e. The van der Waals surface area contributed by atoms with Gasteiger partial charge in [0.1, 0.15) is 47.1 Å². The first kappa shape index (κ1) is 42.2. The van der Waals surface area contributed by atoms with Crippen molar-refractivity contribution in [2.75, 3.05) is 36.9 Å². The van der Waals surface area contributed by atoms with Gasteiger partial charge in [-0.2, -0.15) is 10.2 Å². The van der Waals surface area contributed by atoms with Gasteiger partial charge >= 0.3 is 5.97 Å². The summed E-state index contributed by atoms with van der Waals surface area (Å²) in [6.07, 6.45) is 4.04. The number of aliphatic carboxylic acids is 1. The van der Waals surface area contributed by atoms with Crippen molar-refractivity contribution in [2.45, 2.75) is 66.3 Å². The molecule has 21 nitrogen and oxygen atoms in total. The van der Waals surface area contributed by atoms with Crippen molar-refractivity contribution in [3.05, 3.63) is 82.5 Å². The number of benzene rings is 2. The Labute approximate surface area is 359 Å². The maximum Gasteiger partial charge on any atom is 0.307 e. The summed E-state index contributed by atoms with van der Waals surface area (Å²) in [6, 6.07) is 8.81. The van der Waals surface area contributed by atoms with Gasteiger partial charge < -0.3 is 35.2 Å². The molecule has 2 aliphatic rings. The second kappa shape index (κ2) is 17.1. The number of nitrogens with zero attached hydrogens (tertiary/aromatic N) is 9. The van der Waals surface area contributed by atoms with Crippen molar-refractivity contribution >= 4 is 63.6 Å². The highest BCUT2D eigenvalue weighted by Crippen LogP contribution is 2.34. The summed E-state index contributed by atoms with van der Waals surface area (Å²) in [5, 5.41) is 24.6. The van der Waals surface area contributed by atoms with Crippen LogP contribution in [-0.2, 0) is 31.0 Å². The van der Waals surface area contributed by atoms with Gasteiger partial charge in [-0.3, -0.25) is 48.9 Å². The molecule has 0 spiro atoms. The summed E-state index contributed by atoms with van der Waals surface area (Å²) in [5.74, 6) is -3.21. The highest BCUT2D eigenvalue weighted by Gasteiger charge is 2.34. The lowest BCUT2D eigenvalue weighted by atomic mass is 10.1. The third kappa shape index (κ3) is 8.29. The van der Waals surface area contributed by atoms with E-state index in [2.05, 4.69) is 20.8 Å². The molecular weight excluding hydrogens is 815 g/mol. The van der Waals surface area contributed by atoms with E-state index in [1.165, 1.54) is 24.3 Å². The number of rotatable bonds is 10. The van der Waals surface area contributed by atoms with Crippen molar-refractivity contribution in [3.63, 3.8) is 0 Å². The molecular formula is C42H47N13O8. The summed E-state index contributed by atoms with van der Waals surface area (Å²) in [6.45, 7) is 8.96. The first-order chi connectivity index (χ1) is 30.2. The fourth-order valence-electron chi connectivity index (χ4n) is 8.09. The van der Waals surface area contributed by atoms with Gasteiger partial charge in [-0.1, -0.05) is 12.2 Å². The van der Waals surface area contributed by atoms with Crippen LogP contribution in [0.25, 0.3) is 22.1 Å². The zero-order valence-electron chi connectivity index (χ0n) is 35.1. The highest BCUT2D eigenvalue weighted by atomic mass is 16.5. The average molecular weight is 862 g/mol. The first-order valence-electron chi connectivity index (χ1n) is 20.5. The number of carbonyl (C=O) groups is 5. The standard InChI is InChI=1S/C42H47N13O8/c1-5-54-30(13-22(3)49-54)38(58)47-41-45-28-15-25(36(43)56)17-32-34(28)52(41)10-7-8-11-53-35-29(46-42(53)48-39(59)31-14-23(4)50-55(31)6-2)16-26(37(44)57)18-33(35)63-21-27(20-62-32)51-12-9-24(19-51)40(60)61/h7-8,13-18,24,27H,5-6,9-12,19-21H2,1-4H3,(H2,43,56)(H2,44,57)(H,60,61)(H,45,47,58)(H,46,48,59)/b8-7+. The highest BCUT2D eigenvalue weighted by molar-refractivity contribution is 6.05. The number of hydrogen-bond donors (Lipinski definition) is 5. The minimum atomic E-state index is -0.929. The fourth-order valence-corrected chi connectivity index (χ4v) is 8.09. The van der Waals surface area contributed by atoms with Gasteiger partial charge in [0.15, 0.2) is 0 Å². The van der Waals surface area contributed by atoms with E-state index in [1.807, 2.05) is 30.9 Å². The van der Waals surface area contributed by atoms with Crippen molar-refractivity contribution in [1.29, 1.82) is 0 Å². The summed E-state index contributed by atoms with van der Waals surface area (Å²) >= 11 is 0. The van der Waals surface area contributed by atoms with Crippen molar-refractivity contribution in [1.82, 2.24) is 43.6 Å². The Morgan fingerprint density at radius 2 is 1.19 bits per heavy atom. The molecule has 21 heteroatoms. The number of nitrogens with two attached hydrogens (primary N) is 2. The van der Waals surface area contributed by atoms with Crippen LogP contribution in [0, 0.1) is 19.8 Å². The summed E-state index contributed by atoms with van der Waals surface area (Å²) < 4.78 is 19.8. The lowest BCUT2D eigenvalue weighted by Crippen LogP contribution is -2.42. The number of hydrogen-bond acceptors (Lipinski definition) is 12. The molecule has 0 aliphatic carbocycles. The predicted octanol–water partition coefficient (Wildman–Crippen LogP) is 2.94. The van der Waals surface area contributed by atoms with Gasteiger partial charge in [0.25, 0.3) is 11.8 Å². The molecule has 4 aromatic heterocycles. The van der Waals surface area contributed by atoms with Gasteiger partial charge in [0.05, 0.1) is 34.4 Å². The molecule has 6 heterocycles. The van der Waals surface area contributed by atoms with Crippen molar-refractivity contribution < 1.29 is 38.6 Å². The van der Waals surface area contributed by atoms with Crippen molar-refractivity contribution in [2.24, 2.45) is 17.4 Å². The molecule has 1 unspecified atom stereocenters. The van der Waals surface area contributed by atoms with Crippen LogP contribution in [0.4, 0.5) is 11.9 Å². The first-order valence-corrected chi connectivity index (χ1v) is 20.5. The van der Waals surface area contributed by atoms with E-state index in [9.17, 15) is 29.1 Å². The second-order valence-corrected chi connectivity index (χ2v) is 15.5. The quantitative estimate of drug-likeness (QED) is 0.124. The monoisotopic (exact) mass is 861 g/mol. The number of imidazole rings is 2. The third-order valence-electron chi connectivity index (χ3n) is 11.2. The Morgan fingerprint density at radius 1 is 0.730 bits per heavy atom. The van der Waals surface area contributed by atoms with E-state index in [-0.39, 0.29) is 67.4 Å². The van der Waals surface area contributed by atoms with Gasteiger partial charge in [-0.05, 0) is 77.1 Å². The fraction of sp³-hybridized carbons (Fsp3) is 0.357. The number of nitrogens with one attached hydrogen (secondary N) is 2. The number of anilines is 2. The van der Waals surface area contributed by atoms with Crippen LogP contribution in [0.5, 0.6) is 11.5 Å².